The third-order valence-corrected chi connectivity index (χ3v) is 1.78. The lowest BCUT2D eigenvalue weighted by Crippen LogP contribution is -2.13. The zero-order chi connectivity index (χ0) is 7.68. The second-order valence-electron chi connectivity index (χ2n) is 2.58. The molecule has 1 atom stereocenters. The van der Waals surface area contributed by atoms with Gasteiger partial charge in [0.2, 0.25) is 5.91 Å². The average molecular weight is 152 g/mol. The summed E-state index contributed by atoms with van der Waals surface area (Å²) in [5, 5.41) is 2.72. The van der Waals surface area contributed by atoms with Gasteiger partial charge in [-0.2, -0.15) is 0 Å². The first kappa shape index (κ1) is 6.39. The van der Waals surface area contributed by atoms with E-state index in [1.54, 1.807) is 6.20 Å². The van der Waals surface area contributed by atoms with Crippen LogP contribution in [0.5, 0.6) is 0 Å². The minimum atomic E-state index is 0.0770. The summed E-state index contributed by atoms with van der Waals surface area (Å²) in [6.45, 7) is 0.652. The molecule has 0 aliphatic carbocycles. The van der Waals surface area contributed by atoms with Crippen molar-refractivity contribution in [2.75, 3.05) is 6.54 Å². The van der Waals surface area contributed by atoms with E-state index in [0.29, 0.717) is 18.9 Å². The summed E-state index contributed by atoms with van der Waals surface area (Å²) in [5.74, 6) is 0.869. The summed E-state index contributed by atoms with van der Waals surface area (Å²) >= 11 is 0. The van der Waals surface area contributed by atoms with E-state index in [-0.39, 0.29) is 11.8 Å². The van der Waals surface area contributed by atoms with Crippen molar-refractivity contribution in [1.82, 2.24) is 10.3 Å². The molecule has 58 valence electrons. The van der Waals surface area contributed by atoms with E-state index in [1.165, 1.54) is 6.26 Å². The molecular weight excluding hydrogens is 144 g/mol. The van der Waals surface area contributed by atoms with Crippen molar-refractivity contribution < 1.29 is 9.21 Å². The monoisotopic (exact) mass is 152 g/mol. The van der Waals surface area contributed by atoms with Crippen molar-refractivity contribution in [3.63, 3.8) is 0 Å². The van der Waals surface area contributed by atoms with Gasteiger partial charge in [0.05, 0.1) is 12.1 Å². The molecule has 0 bridgehead atoms. The maximum atomic E-state index is 10.8. The van der Waals surface area contributed by atoms with Gasteiger partial charge in [-0.15, -0.1) is 0 Å². The van der Waals surface area contributed by atoms with E-state index in [1.807, 2.05) is 0 Å². The molecule has 1 saturated heterocycles. The number of nitrogens with one attached hydrogen (secondary N) is 1. The van der Waals surface area contributed by atoms with E-state index >= 15 is 0 Å². The second-order valence-corrected chi connectivity index (χ2v) is 2.58. The maximum Gasteiger partial charge on any atom is 0.220 e. The molecule has 4 nitrogen and oxygen atoms in total. The van der Waals surface area contributed by atoms with E-state index in [0.717, 1.165) is 0 Å². The van der Waals surface area contributed by atoms with Gasteiger partial charge in [0.1, 0.15) is 6.26 Å². The molecule has 0 aromatic carbocycles. The van der Waals surface area contributed by atoms with Crippen LogP contribution in [-0.4, -0.2) is 17.4 Å². The first-order valence-electron chi connectivity index (χ1n) is 3.52. The van der Waals surface area contributed by atoms with E-state index in [9.17, 15) is 4.79 Å². The van der Waals surface area contributed by atoms with Crippen LogP contribution in [0.2, 0.25) is 0 Å². The molecule has 2 heterocycles. The van der Waals surface area contributed by atoms with Gasteiger partial charge >= 0.3 is 0 Å². The number of hydrogen-bond donors (Lipinski definition) is 1. The number of rotatable bonds is 1. The van der Waals surface area contributed by atoms with Gasteiger partial charge in [0, 0.05) is 13.0 Å². The molecule has 1 N–H and O–H groups in total. The van der Waals surface area contributed by atoms with Gasteiger partial charge in [-0.1, -0.05) is 0 Å². The lowest BCUT2D eigenvalue weighted by Gasteiger charge is -1.98. The smallest absolute Gasteiger partial charge is 0.220 e. The highest BCUT2D eigenvalue weighted by Gasteiger charge is 2.25. The van der Waals surface area contributed by atoms with Crippen LogP contribution in [-0.2, 0) is 4.79 Å². The number of carbonyl (C=O) groups excluding carboxylic acids is 1. The lowest BCUT2D eigenvalue weighted by molar-refractivity contribution is -0.119. The fraction of sp³-hybridized carbons (Fsp3) is 0.429. The van der Waals surface area contributed by atoms with Gasteiger partial charge in [-0.3, -0.25) is 4.79 Å². The molecule has 11 heavy (non-hydrogen) atoms. The van der Waals surface area contributed by atoms with E-state index < -0.39 is 0 Å². The molecule has 1 unspecified atom stereocenters. The Kier molecular flexibility index (Phi) is 1.38. The number of nitrogens with zero attached hydrogens (tertiary/aromatic N) is 1. The molecule has 0 saturated carbocycles. The molecule has 1 fully saturated rings. The van der Waals surface area contributed by atoms with E-state index in [4.69, 9.17) is 4.42 Å². The Morgan fingerprint density at radius 2 is 2.64 bits per heavy atom. The van der Waals surface area contributed by atoms with Crippen LogP contribution in [0.25, 0.3) is 0 Å². The van der Waals surface area contributed by atoms with Crippen molar-refractivity contribution >= 4 is 5.91 Å². The molecular formula is C7H8N2O2. The average Bonchev–Trinajstić information content (AvgIpc) is 2.55. The summed E-state index contributed by atoms with van der Waals surface area (Å²) in [5.41, 5.74) is 0. The largest absolute Gasteiger partial charge is 0.449 e. The topological polar surface area (TPSA) is 55.1 Å². The Hall–Kier alpha value is -1.32. The van der Waals surface area contributed by atoms with Gasteiger partial charge < -0.3 is 9.73 Å². The highest BCUT2D eigenvalue weighted by atomic mass is 16.3. The number of oxazole rings is 1. The third kappa shape index (κ3) is 1.11. The number of carbonyl (C=O) groups is 1. The highest BCUT2D eigenvalue weighted by Crippen LogP contribution is 2.20. The molecule has 2 rings (SSSR count). The van der Waals surface area contributed by atoms with Gasteiger partial charge in [-0.05, 0) is 0 Å². The summed E-state index contributed by atoms with van der Waals surface area (Å²) in [6, 6.07) is 0. The molecule has 1 aromatic heterocycles. The third-order valence-electron chi connectivity index (χ3n) is 1.78. The zero-order valence-electron chi connectivity index (χ0n) is 5.91. The Labute approximate surface area is 63.6 Å². The van der Waals surface area contributed by atoms with Gasteiger partial charge in [0.15, 0.2) is 5.89 Å². The lowest BCUT2D eigenvalue weighted by atomic mass is 10.1. The van der Waals surface area contributed by atoms with Crippen LogP contribution >= 0.6 is 0 Å². The Morgan fingerprint density at radius 1 is 1.73 bits per heavy atom. The van der Waals surface area contributed by atoms with Crippen LogP contribution in [0.3, 0.4) is 0 Å². The standard InChI is InChI=1S/C7H8N2O2/c10-6-3-5(4-9-6)7-8-1-2-11-7/h1-2,5H,3-4H2,(H,9,10). The molecule has 1 aliphatic heterocycles. The number of aromatic nitrogens is 1. The van der Waals surface area contributed by atoms with Crippen LogP contribution in [0.4, 0.5) is 0 Å². The SMILES string of the molecule is O=C1CC(c2ncco2)CN1. The maximum absolute atomic E-state index is 10.8. The van der Waals surface area contributed by atoms with Gasteiger partial charge in [-0.25, -0.2) is 4.98 Å². The summed E-state index contributed by atoms with van der Waals surface area (Å²) < 4.78 is 5.06. The fourth-order valence-corrected chi connectivity index (χ4v) is 1.22. The van der Waals surface area contributed by atoms with Gasteiger partial charge in [0.25, 0.3) is 0 Å². The highest BCUT2D eigenvalue weighted by molar-refractivity contribution is 5.79. The Morgan fingerprint density at radius 3 is 3.18 bits per heavy atom. The quantitative estimate of drug-likeness (QED) is 0.628. The molecule has 1 aliphatic rings. The van der Waals surface area contributed by atoms with Crippen LogP contribution < -0.4 is 5.32 Å². The predicted molar refractivity (Wildman–Crippen MR) is 36.9 cm³/mol. The second kappa shape index (κ2) is 2.38. The van der Waals surface area contributed by atoms with Crippen molar-refractivity contribution in [1.29, 1.82) is 0 Å². The minimum Gasteiger partial charge on any atom is -0.449 e. The summed E-state index contributed by atoms with van der Waals surface area (Å²) in [4.78, 5) is 14.7. The molecule has 0 spiro atoms. The number of amides is 1. The Bertz CT molecular complexity index is 255. The van der Waals surface area contributed by atoms with Crippen molar-refractivity contribution in [3.05, 3.63) is 18.4 Å². The van der Waals surface area contributed by atoms with Crippen molar-refractivity contribution in [2.24, 2.45) is 0 Å². The van der Waals surface area contributed by atoms with E-state index in [2.05, 4.69) is 10.3 Å². The molecule has 1 amide bonds. The predicted octanol–water partition coefficient (Wildman–Crippen LogP) is 0.278. The van der Waals surface area contributed by atoms with Crippen LogP contribution in [0.1, 0.15) is 18.2 Å². The van der Waals surface area contributed by atoms with Crippen molar-refractivity contribution in [3.8, 4) is 0 Å². The normalized spacial score (nSPS) is 23.6. The molecule has 0 radical (unpaired) electrons. The summed E-state index contributed by atoms with van der Waals surface area (Å²) in [7, 11) is 0. The zero-order valence-corrected chi connectivity index (χ0v) is 5.91. The van der Waals surface area contributed by atoms with Crippen LogP contribution in [0.15, 0.2) is 16.9 Å². The number of hydrogen-bond acceptors (Lipinski definition) is 3. The molecule has 1 aromatic rings. The minimum absolute atomic E-state index is 0.0770. The first-order valence-corrected chi connectivity index (χ1v) is 3.52. The van der Waals surface area contributed by atoms with Crippen LogP contribution in [0, 0.1) is 0 Å². The Balaban J connectivity index is 2.13. The summed E-state index contributed by atoms with van der Waals surface area (Å²) in [6.07, 6.45) is 3.62. The first-order chi connectivity index (χ1) is 5.36. The van der Waals surface area contributed by atoms with Crippen molar-refractivity contribution in [2.45, 2.75) is 12.3 Å². The molecule has 4 heteroatoms. The fourth-order valence-electron chi connectivity index (χ4n) is 1.22.